The summed E-state index contributed by atoms with van der Waals surface area (Å²) in [4.78, 5) is 15.1. The van der Waals surface area contributed by atoms with Crippen LogP contribution in [0.1, 0.15) is 35.3 Å². The number of carbonyl (C=O) groups is 1. The van der Waals surface area contributed by atoms with Crippen LogP contribution in [0.3, 0.4) is 0 Å². The highest BCUT2D eigenvalue weighted by Crippen LogP contribution is 2.51. The summed E-state index contributed by atoms with van der Waals surface area (Å²) in [6.07, 6.45) is 0.143. The van der Waals surface area contributed by atoms with E-state index in [1.165, 1.54) is 0 Å². The molecule has 0 saturated heterocycles. The minimum atomic E-state index is -3.23. The zero-order chi connectivity index (χ0) is 23.8. The zero-order valence-corrected chi connectivity index (χ0v) is 20.9. The predicted octanol–water partition coefficient (Wildman–Crippen LogP) is 7.61. The van der Waals surface area contributed by atoms with Crippen molar-refractivity contribution in [3.05, 3.63) is 99.5 Å². The van der Waals surface area contributed by atoms with Gasteiger partial charge in [-0.25, -0.2) is 0 Å². The molecule has 0 aliphatic rings. The molecule has 174 valence electrons. The summed E-state index contributed by atoms with van der Waals surface area (Å²) >= 11 is 12.3. The van der Waals surface area contributed by atoms with Crippen molar-refractivity contribution in [1.82, 2.24) is 0 Å². The molecule has 0 unspecified atom stereocenters. The predicted molar refractivity (Wildman–Crippen MR) is 134 cm³/mol. The van der Waals surface area contributed by atoms with Crippen LogP contribution < -0.4 is 4.90 Å². The Morgan fingerprint density at radius 2 is 1.48 bits per heavy atom. The molecule has 0 fully saturated rings. The molecular weight excluding hydrogens is 480 g/mol. The minimum absolute atomic E-state index is 0.143. The molecular formula is C25H26Cl2NO4P. The molecule has 1 amide bonds. The summed E-state index contributed by atoms with van der Waals surface area (Å²) in [5.74, 6) is -0.193. The van der Waals surface area contributed by atoms with Crippen molar-refractivity contribution in [2.75, 3.05) is 18.1 Å². The molecule has 0 spiro atoms. The van der Waals surface area contributed by atoms with Crippen molar-refractivity contribution in [2.45, 2.75) is 26.6 Å². The van der Waals surface area contributed by atoms with Crippen LogP contribution in [-0.2, 0) is 26.3 Å². The van der Waals surface area contributed by atoms with Gasteiger partial charge in [0.15, 0.2) is 0 Å². The summed E-state index contributed by atoms with van der Waals surface area (Å²) in [5.41, 5.74) is 2.87. The van der Waals surface area contributed by atoms with Gasteiger partial charge in [-0.1, -0.05) is 65.7 Å². The third-order valence-electron chi connectivity index (χ3n) is 4.87. The Labute approximate surface area is 204 Å². The first-order valence-electron chi connectivity index (χ1n) is 10.6. The van der Waals surface area contributed by atoms with Crippen LogP contribution in [0, 0.1) is 0 Å². The number of nitrogens with zero attached hydrogens (tertiary/aromatic N) is 1. The molecule has 0 atom stereocenters. The first-order valence-corrected chi connectivity index (χ1v) is 13.1. The molecule has 3 aromatic rings. The molecule has 0 saturated carbocycles. The van der Waals surface area contributed by atoms with E-state index in [1.54, 1.807) is 61.2 Å². The summed E-state index contributed by atoms with van der Waals surface area (Å²) in [7, 11) is -3.23. The summed E-state index contributed by atoms with van der Waals surface area (Å²) < 4.78 is 23.6. The number of amides is 1. The van der Waals surface area contributed by atoms with Gasteiger partial charge < -0.3 is 13.9 Å². The van der Waals surface area contributed by atoms with E-state index in [0.29, 0.717) is 41.1 Å². The third-order valence-corrected chi connectivity index (χ3v) is 7.67. The van der Waals surface area contributed by atoms with Gasteiger partial charge in [-0.2, -0.15) is 0 Å². The number of anilines is 1. The van der Waals surface area contributed by atoms with E-state index < -0.39 is 7.60 Å². The lowest BCUT2D eigenvalue weighted by molar-refractivity contribution is 0.0985. The van der Waals surface area contributed by atoms with Crippen molar-refractivity contribution in [3.63, 3.8) is 0 Å². The Bertz CT molecular complexity index is 1110. The number of hydrogen-bond donors (Lipinski definition) is 0. The normalized spacial score (nSPS) is 11.4. The van der Waals surface area contributed by atoms with Crippen LogP contribution in [0.4, 0.5) is 5.69 Å². The molecule has 0 radical (unpaired) electrons. The van der Waals surface area contributed by atoms with Crippen LogP contribution >= 0.6 is 30.8 Å². The van der Waals surface area contributed by atoms with Gasteiger partial charge in [-0.3, -0.25) is 9.36 Å². The summed E-state index contributed by atoms with van der Waals surface area (Å²) in [6, 6.07) is 21.8. The molecule has 8 heteroatoms. The van der Waals surface area contributed by atoms with Gasteiger partial charge in [-0.15, -0.1) is 0 Å². The van der Waals surface area contributed by atoms with Gasteiger partial charge in [0, 0.05) is 11.3 Å². The average Bonchev–Trinajstić information content (AvgIpc) is 2.80. The fourth-order valence-corrected chi connectivity index (χ4v) is 5.35. The zero-order valence-electron chi connectivity index (χ0n) is 18.5. The first kappa shape index (κ1) is 25.5. The molecule has 3 rings (SSSR count). The van der Waals surface area contributed by atoms with E-state index in [-0.39, 0.29) is 12.1 Å². The van der Waals surface area contributed by atoms with E-state index >= 15 is 0 Å². The van der Waals surface area contributed by atoms with Crippen molar-refractivity contribution in [2.24, 2.45) is 0 Å². The van der Waals surface area contributed by atoms with E-state index in [4.69, 9.17) is 32.2 Å². The smallest absolute Gasteiger partial charge is 0.309 e. The molecule has 33 heavy (non-hydrogen) atoms. The molecule has 3 aromatic carbocycles. The fraction of sp³-hybridized carbons (Fsp3) is 0.240. The molecule has 0 bridgehead atoms. The standard InChI is InChI=1S/C25H26Cl2NO4P/c1-3-31-33(30,32-4-2)18-20-10-12-21(13-11-20)25(29)28(17-19-8-6-5-7-9-19)22-14-15-23(26)24(27)16-22/h5-16H,3-4,17-18H2,1-2H3. The number of rotatable bonds is 10. The second-order valence-electron chi connectivity index (χ2n) is 7.28. The van der Waals surface area contributed by atoms with Gasteiger partial charge >= 0.3 is 7.60 Å². The van der Waals surface area contributed by atoms with Crippen LogP contribution in [-0.4, -0.2) is 19.1 Å². The Balaban J connectivity index is 1.87. The fourth-order valence-electron chi connectivity index (χ4n) is 3.35. The molecule has 5 nitrogen and oxygen atoms in total. The highest BCUT2D eigenvalue weighted by molar-refractivity contribution is 7.53. The Hall–Kier alpha value is -2.14. The van der Waals surface area contributed by atoms with Crippen LogP contribution in [0.2, 0.25) is 10.0 Å². The number of halogens is 2. The van der Waals surface area contributed by atoms with Gasteiger partial charge in [0.2, 0.25) is 0 Å². The highest BCUT2D eigenvalue weighted by atomic mass is 35.5. The lowest BCUT2D eigenvalue weighted by Crippen LogP contribution is -2.30. The van der Waals surface area contributed by atoms with Gasteiger partial charge in [0.1, 0.15) is 0 Å². The van der Waals surface area contributed by atoms with Crippen LogP contribution in [0.25, 0.3) is 0 Å². The maximum Gasteiger partial charge on any atom is 0.335 e. The van der Waals surface area contributed by atoms with Crippen LogP contribution in [0.5, 0.6) is 0 Å². The van der Waals surface area contributed by atoms with Crippen molar-refractivity contribution in [1.29, 1.82) is 0 Å². The minimum Gasteiger partial charge on any atom is -0.309 e. The lowest BCUT2D eigenvalue weighted by Gasteiger charge is -2.24. The molecule has 0 heterocycles. The Morgan fingerprint density at radius 1 is 0.848 bits per heavy atom. The Morgan fingerprint density at radius 3 is 2.06 bits per heavy atom. The number of hydrogen-bond acceptors (Lipinski definition) is 4. The largest absolute Gasteiger partial charge is 0.335 e. The second kappa shape index (κ2) is 11.8. The number of carbonyl (C=O) groups excluding carboxylic acids is 1. The van der Waals surface area contributed by atoms with Gasteiger partial charge in [-0.05, 0) is 55.3 Å². The second-order valence-corrected chi connectivity index (χ2v) is 10.1. The summed E-state index contributed by atoms with van der Waals surface area (Å²) in [6.45, 7) is 4.51. The molecule has 0 aliphatic heterocycles. The maximum absolute atomic E-state index is 13.5. The topological polar surface area (TPSA) is 55.8 Å². The number of benzene rings is 3. The average molecular weight is 506 g/mol. The SMILES string of the molecule is CCOP(=O)(Cc1ccc(C(=O)N(Cc2ccccc2)c2ccc(Cl)c(Cl)c2)cc1)OCC. The van der Waals surface area contributed by atoms with Gasteiger partial charge in [0.25, 0.3) is 5.91 Å². The first-order chi connectivity index (χ1) is 15.8. The summed E-state index contributed by atoms with van der Waals surface area (Å²) in [5, 5.41) is 0.794. The van der Waals surface area contributed by atoms with Crippen molar-refractivity contribution < 1.29 is 18.4 Å². The van der Waals surface area contributed by atoms with E-state index in [0.717, 1.165) is 11.1 Å². The van der Waals surface area contributed by atoms with Gasteiger partial charge in [0.05, 0.1) is 36.0 Å². The van der Waals surface area contributed by atoms with Crippen LogP contribution in [0.15, 0.2) is 72.8 Å². The van der Waals surface area contributed by atoms with Crippen molar-refractivity contribution >= 4 is 42.4 Å². The Kier molecular flexibility index (Phi) is 9.13. The van der Waals surface area contributed by atoms with Crippen molar-refractivity contribution in [3.8, 4) is 0 Å². The molecule has 0 aromatic heterocycles. The quantitative estimate of drug-likeness (QED) is 0.266. The molecule has 0 aliphatic carbocycles. The van der Waals surface area contributed by atoms with E-state index in [9.17, 15) is 9.36 Å². The maximum atomic E-state index is 13.5. The molecule has 0 N–H and O–H groups in total. The van der Waals surface area contributed by atoms with E-state index in [1.807, 2.05) is 30.3 Å². The van der Waals surface area contributed by atoms with E-state index in [2.05, 4.69) is 0 Å². The lowest BCUT2D eigenvalue weighted by atomic mass is 10.1. The third kappa shape index (κ3) is 6.92. The highest BCUT2D eigenvalue weighted by Gasteiger charge is 2.25. The monoisotopic (exact) mass is 505 g/mol.